The number of hydrogen-bond acceptors (Lipinski definition) is 6. The fourth-order valence-electron chi connectivity index (χ4n) is 2.44. The molecule has 1 unspecified atom stereocenters. The number of likely N-dealkylation sites (tertiary alicyclic amines) is 1. The van der Waals surface area contributed by atoms with E-state index < -0.39 is 46.7 Å². The number of carbonyl (C=O) groups excluding carboxylic acids is 3. The Balaban J connectivity index is 3.14. The van der Waals surface area contributed by atoms with Crippen molar-refractivity contribution in [2.24, 2.45) is 5.92 Å². The van der Waals surface area contributed by atoms with Crippen molar-refractivity contribution >= 4 is 18.0 Å². The Morgan fingerprint density at radius 2 is 1.46 bits per heavy atom. The molecular weight excluding hydrogens is 314 g/mol. The van der Waals surface area contributed by atoms with Crippen molar-refractivity contribution in [3.05, 3.63) is 0 Å². The van der Waals surface area contributed by atoms with Gasteiger partial charge in [0.1, 0.15) is 17.2 Å². The summed E-state index contributed by atoms with van der Waals surface area (Å²) in [6, 6.07) is -1.11. The summed E-state index contributed by atoms with van der Waals surface area (Å²) in [7, 11) is 0. The molecule has 1 N–H and O–H groups in total. The van der Waals surface area contributed by atoms with E-state index in [-0.39, 0.29) is 6.42 Å². The van der Waals surface area contributed by atoms with Crippen molar-refractivity contribution in [2.75, 3.05) is 0 Å². The number of esters is 1. The lowest BCUT2D eigenvalue weighted by atomic mass is 9.88. The smallest absolute Gasteiger partial charge is 0.417 e. The van der Waals surface area contributed by atoms with Gasteiger partial charge in [-0.3, -0.25) is 4.79 Å². The molecule has 1 rings (SSSR count). The number of carbonyl (C=O) groups is 3. The minimum Gasteiger partial charge on any atom is -0.458 e. The van der Waals surface area contributed by atoms with E-state index in [9.17, 15) is 19.5 Å². The van der Waals surface area contributed by atoms with E-state index in [4.69, 9.17) is 9.47 Å². The van der Waals surface area contributed by atoms with E-state index in [1.54, 1.807) is 41.5 Å². The first-order chi connectivity index (χ1) is 10.5. The van der Waals surface area contributed by atoms with Crippen LogP contribution in [0.15, 0.2) is 0 Å². The first-order valence-corrected chi connectivity index (χ1v) is 8.04. The molecule has 138 valence electrons. The largest absolute Gasteiger partial charge is 0.458 e. The fourth-order valence-corrected chi connectivity index (χ4v) is 2.44. The number of imide groups is 1. The number of hydrogen-bond donors (Lipinski definition) is 1. The first kappa shape index (κ1) is 20.4. The van der Waals surface area contributed by atoms with E-state index >= 15 is 0 Å². The third-order valence-corrected chi connectivity index (χ3v) is 3.43. The van der Waals surface area contributed by atoms with E-state index in [1.807, 2.05) is 0 Å². The number of nitrogens with zero attached hydrogens (tertiary/aromatic N) is 1. The van der Waals surface area contributed by atoms with Crippen LogP contribution < -0.4 is 0 Å². The number of ether oxygens (including phenoxy) is 2. The lowest BCUT2D eigenvalue weighted by Gasteiger charge is -2.28. The number of amides is 2. The Kier molecular flexibility index (Phi) is 5.40. The molecule has 1 aliphatic rings. The van der Waals surface area contributed by atoms with Gasteiger partial charge >= 0.3 is 12.1 Å². The van der Waals surface area contributed by atoms with Gasteiger partial charge in [-0.05, 0) is 61.8 Å². The van der Waals surface area contributed by atoms with E-state index in [1.165, 1.54) is 13.8 Å². The normalized spacial score (nSPS) is 22.5. The van der Waals surface area contributed by atoms with E-state index in [2.05, 4.69) is 0 Å². The quantitative estimate of drug-likeness (QED) is 0.773. The molecule has 1 heterocycles. The van der Waals surface area contributed by atoms with Crippen molar-refractivity contribution in [1.29, 1.82) is 0 Å². The number of rotatable bonds is 2. The third-order valence-electron chi connectivity index (χ3n) is 3.43. The number of aliphatic hydroxyl groups is 1. The summed E-state index contributed by atoms with van der Waals surface area (Å²) in [5, 5.41) is 10.2. The van der Waals surface area contributed by atoms with Gasteiger partial charge in [-0.2, -0.15) is 0 Å². The molecule has 7 heteroatoms. The lowest BCUT2D eigenvalue weighted by molar-refractivity contribution is -0.161. The molecule has 0 saturated carbocycles. The Morgan fingerprint density at radius 3 is 1.83 bits per heavy atom. The highest BCUT2D eigenvalue weighted by atomic mass is 16.6. The average Bonchev–Trinajstić information content (AvgIpc) is 2.61. The summed E-state index contributed by atoms with van der Waals surface area (Å²) in [5.41, 5.74) is -2.94. The van der Waals surface area contributed by atoms with E-state index in [0.29, 0.717) is 0 Å². The third kappa shape index (κ3) is 5.19. The zero-order chi connectivity index (χ0) is 19.1. The molecule has 1 saturated heterocycles. The molecule has 0 aromatic carbocycles. The highest BCUT2D eigenvalue weighted by Gasteiger charge is 2.53. The molecule has 0 aromatic heterocycles. The molecule has 0 aromatic rings. The van der Waals surface area contributed by atoms with Crippen LogP contribution in [-0.2, 0) is 19.1 Å². The average molecular weight is 343 g/mol. The molecule has 0 radical (unpaired) electrons. The summed E-state index contributed by atoms with van der Waals surface area (Å²) in [4.78, 5) is 38.3. The van der Waals surface area contributed by atoms with Crippen LogP contribution in [0.2, 0.25) is 0 Å². The topological polar surface area (TPSA) is 93.1 Å². The standard InChI is InChI=1S/C17H29NO6/c1-15(2,3)23-13(20)11-9-10(17(7,8)22)12(19)18(11)14(21)24-16(4,5)6/h10-11,22H,9H2,1-8H3/t10?,11-/m1/s1. The molecule has 0 bridgehead atoms. The van der Waals surface area contributed by atoms with Gasteiger partial charge in [0.05, 0.1) is 11.5 Å². The molecule has 1 aliphatic heterocycles. The zero-order valence-corrected chi connectivity index (χ0v) is 15.8. The molecule has 24 heavy (non-hydrogen) atoms. The summed E-state index contributed by atoms with van der Waals surface area (Å²) in [6.45, 7) is 13.1. The molecule has 0 aliphatic carbocycles. The van der Waals surface area contributed by atoms with Crippen LogP contribution in [0.25, 0.3) is 0 Å². The van der Waals surface area contributed by atoms with E-state index in [0.717, 1.165) is 4.90 Å². The predicted octanol–water partition coefficient (Wildman–Crippen LogP) is 2.25. The maximum atomic E-state index is 12.6. The van der Waals surface area contributed by atoms with Crippen LogP contribution in [0, 0.1) is 5.92 Å². The second-order valence-electron chi connectivity index (χ2n) is 8.68. The van der Waals surface area contributed by atoms with Gasteiger partial charge < -0.3 is 14.6 Å². The van der Waals surface area contributed by atoms with Gasteiger partial charge in [0.25, 0.3) is 0 Å². The van der Waals surface area contributed by atoms with Crippen LogP contribution >= 0.6 is 0 Å². The van der Waals surface area contributed by atoms with Gasteiger partial charge in [0.2, 0.25) is 5.91 Å². The van der Waals surface area contributed by atoms with Crippen molar-refractivity contribution < 1.29 is 29.0 Å². The van der Waals surface area contributed by atoms with Crippen molar-refractivity contribution in [3.63, 3.8) is 0 Å². The van der Waals surface area contributed by atoms with Crippen LogP contribution in [0.4, 0.5) is 4.79 Å². The summed E-state index contributed by atoms with van der Waals surface area (Å²) in [6.07, 6.45) is -0.911. The Labute approximate surface area is 143 Å². The second kappa shape index (κ2) is 6.35. The van der Waals surface area contributed by atoms with Crippen molar-refractivity contribution in [2.45, 2.75) is 84.7 Å². The second-order valence-corrected chi connectivity index (χ2v) is 8.68. The fraction of sp³-hybridized carbons (Fsp3) is 0.824. The maximum Gasteiger partial charge on any atom is 0.417 e. The molecule has 2 amide bonds. The van der Waals surface area contributed by atoms with Crippen LogP contribution in [-0.4, -0.2) is 50.8 Å². The molecule has 7 nitrogen and oxygen atoms in total. The molecule has 0 spiro atoms. The monoisotopic (exact) mass is 343 g/mol. The highest BCUT2D eigenvalue weighted by Crippen LogP contribution is 2.35. The Morgan fingerprint density at radius 1 is 1.00 bits per heavy atom. The predicted molar refractivity (Wildman–Crippen MR) is 87.1 cm³/mol. The summed E-state index contributed by atoms with van der Waals surface area (Å²) >= 11 is 0. The van der Waals surface area contributed by atoms with Crippen LogP contribution in [0.5, 0.6) is 0 Å². The zero-order valence-electron chi connectivity index (χ0n) is 15.8. The van der Waals surface area contributed by atoms with Crippen LogP contribution in [0.3, 0.4) is 0 Å². The van der Waals surface area contributed by atoms with Gasteiger partial charge in [-0.15, -0.1) is 0 Å². The van der Waals surface area contributed by atoms with Gasteiger partial charge in [0.15, 0.2) is 0 Å². The summed E-state index contributed by atoms with van der Waals surface area (Å²) in [5.74, 6) is -2.20. The minimum absolute atomic E-state index is 0.00348. The lowest BCUT2D eigenvalue weighted by Crippen LogP contribution is -2.48. The summed E-state index contributed by atoms with van der Waals surface area (Å²) < 4.78 is 10.6. The van der Waals surface area contributed by atoms with Crippen molar-refractivity contribution in [3.8, 4) is 0 Å². The van der Waals surface area contributed by atoms with Gasteiger partial charge in [-0.1, -0.05) is 0 Å². The Hall–Kier alpha value is -1.63. The first-order valence-electron chi connectivity index (χ1n) is 8.04. The van der Waals surface area contributed by atoms with Crippen molar-refractivity contribution in [1.82, 2.24) is 4.90 Å². The maximum absolute atomic E-state index is 12.6. The molecule has 2 atom stereocenters. The Bertz CT molecular complexity index is 521. The molecule has 1 fully saturated rings. The van der Waals surface area contributed by atoms with Gasteiger partial charge in [0, 0.05) is 0 Å². The highest BCUT2D eigenvalue weighted by molar-refractivity contribution is 6.01. The minimum atomic E-state index is -1.37. The molecular formula is C17H29NO6. The van der Waals surface area contributed by atoms with Crippen LogP contribution in [0.1, 0.15) is 61.8 Å². The van der Waals surface area contributed by atoms with Gasteiger partial charge in [-0.25, -0.2) is 14.5 Å². The SMILES string of the molecule is CC(C)(C)OC(=O)[C@H]1CC(C(C)(C)O)C(=O)N1C(=O)OC(C)(C)C.